The van der Waals surface area contributed by atoms with Gasteiger partial charge in [0.1, 0.15) is 5.37 Å². The minimum Gasteiger partial charge on any atom is -0.330 e. The lowest BCUT2D eigenvalue weighted by atomic mass is 10.1. The van der Waals surface area contributed by atoms with Gasteiger partial charge in [0.2, 0.25) is 0 Å². The highest BCUT2D eigenvalue weighted by atomic mass is 32.2. The molecule has 1 heterocycles. The van der Waals surface area contributed by atoms with E-state index in [1.54, 1.807) is 23.9 Å². The second-order valence-electron chi connectivity index (χ2n) is 5.09. The van der Waals surface area contributed by atoms with E-state index in [-0.39, 0.29) is 5.91 Å². The SMILES string of the molecule is CS(=O)(=O)C1CSCCN1C(=O)c1ccc(CCN)cc1. The molecule has 0 aromatic heterocycles. The molecule has 1 aromatic rings. The van der Waals surface area contributed by atoms with Gasteiger partial charge in [-0.05, 0) is 30.7 Å². The van der Waals surface area contributed by atoms with Crippen molar-refractivity contribution < 1.29 is 13.2 Å². The number of amides is 1. The molecule has 1 aliphatic heterocycles. The first-order chi connectivity index (χ1) is 9.93. The van der Waals surface area contributed by atoms with E-state index >= 15 is 0 Å². The van der Waals surface area contributed by atoms with Crippen LogP contribution in [0.4, 0.5) is 0 Å². The smallest absolute Gasteiger partial charge is 0.254 e. The molecule has 1 unspecified atom stereocenters. The quantitative estimate of drug-likeness (QED) is 0.882. The van der Waals surface area contributed by atoms with Gasteiger partial charge in [-0.15, -0.1) is 0 Å². The van der Waals surface area contributed by atoms with Gasteiger partial charge < -0.3 is 10.6 Å². The van der Waals surface area contributed by atoms with Gasteiger partial charge >= 0.3 is 0 Å². The third-order valence-electron chi connectivity index (χ3n) is 3.47. The van der Waals surface area contributed by atoms with E-state index in [1.165, 1.54) is 11.2 Å². The number of hydrogen-bond donors (Lipinski definition) is 1. The maximum Gasteiger partial charge on any atom is 0.254 e. The van der Waals surface area contributed by atoms with Gasteiger partial charge in [-0.25, -0.2) is 8.42 Å². The van der Waals surface area contributed by atoms with Crippen LogP contribution in [-0.2, 0) is 16.3 Å². The van der Waals surface area contributed by atoms with Crippen LogP contribution in [0.2, 0.25) is 0 Å². The zero-order chi connectivity index (χ0) is 15.5. The van der Waals surface area contributed by atoms with Crippen LogP contribution in [-0.4, -0.2) is 55.4 Å². The Morgan fingerprint density at radius 2 is 2.05 bits per heavy atom. The Morgan fingerprint density at radius 1 is 1.38 bits per heavy atom. The summed E-state index contributed by atoms with van der Waals surface area (Å²) in [5, 5.41) is -0.729. The highest BCUT2D eigenvalue weighted by Gasteiger charge is 2.34. The monoisotopic (exact) mass is 328 g/mol. The van der Waals surface area contributed by atoms with Crippen molar-refractivity contribution in [1.82, 2.24) is 4.90 Å². The van der Waals surface area contributed by atoms with E-state index in [1.807, 2.05) is 12.1 Å². The summed E-state index contributed by atoms with van der Waals surface area (Å²) < 4.78 is 23.7. The van der Waals surface area contributed by atoms with Crippen molar-refractivity contribution in [2.45, 2.75) is 11.8 Å². The first kappa shape index (κ1) is 16.3. The van der Waals surface area contributed by atoms with Crippen LogP contribution in [0.3, 0.4) is 0 Å². The number of thioether (sulfide) groups is 1. The van der Waals surface area contributed by atoms with E-state index in [0.717, 1.165) is 17.7 Å². The first-order valence-electron chi connectivity index (χ1n) is 6.80. The Bertz CT molecular complexity index is 599. The normalized spacial score (nSPS) is 19.5. The Balaban J connectivity index is 2.20. The molecular formula is C14H20N2O3S2. The molecule has 0 bridgehead atoms. The summed E-state index contributed by atoms with van der Waals surface area (Å²) in [6.07, 6.45) is 1.95. The van der Waals surface area contributed by atoms with Gasteiger partial charge in [0.05, 0.1) is 0 Å². The summed E-state index contributed by atoms with van der Waals surface area (Å²) in [5.41, 5.74) is 7.09. The second-order valence-corrected chi connectivity index (χ2v) is 8.45. The minimum atomic E-state index is -3.28. The van der Waals surface area contributed by atoms with Crippen molar-refractivity contribution in [3.63, 3.8) is 0 Å². The number of carbonyl (C=O) groups excluding carboxylic acids is 1. The molecule has 2 rings (SSSR count). The maximum absolute atomic E-state index is 12.6. The molecule has 2 N–H and O–H groups in total. The minimum absolute atomic E-state index is 0.218. The fraction of sp³-hybridized carbons (Fsp3) is 0.500. The number of benzene rings is 1. The molecule has 1 aliphatic rings. The van der Waals surface area contributed by atoms with E-state index in [4.69, 9.17) is 5.73 Å². The van der Waals surface area contributed by atoms with Gasteiger partial charge in [-0.1, -0.05) is 12.1 Å². The van der Waals surface area contributed by atoms with Gasteiger partial charge in [0.15, 0.2) is 9.84 Å². The molecule has 116 valence electrons. The summed E-state index contributed by atoms with van der Waals surface area (Å²) >= 11 is 1.57. The van der Waals surface area contributed by atoms with Crippen molar-refractivity contribution in [3.8, 4) is 0 Å². The number of rotatable bonds is 4. The van der Waals surface area contributed by atoms with Crippen molar-refractivity contribution in [2.24, 2.45) is 5.73 Å². The van der Waals surface area contributed by atoms with E-state index in [2.05, 4.69) is 0 Å². The number of sulfone groups is 1. The molecule has 1 amide bonds. The van der Waals surface area contributed by atoms with Crippen molar-refractivity contribution >= 4 is 27.5 Å². The molecule has 0 aliphatic carbocycles. The Labute approximate surface area is 129 Å². The van der Waals surface area contributed by atoms with Crippen LogP contribution in [0.25, 0.3) is 0 Å². The van der Waals surface area contributed by atoms with Crippen LogP contribution in [0, 0.1) is 0 Å². The molecule has 1 fully saturated rings. The third-order valence-corrected chi connectivity index (χ3v) is 6.12. The summed E-state index contributed by atoms with van der Waals surface area (Å²) in [4.78, 5) is 14.0. The van der Waals surface area contributed by atoms with E-state index in [0.29, 0.717) is 24.4 Å². The van der Waals surface area contributed by atoms with E-state index in [9.17, 15) is 13.2 Å². The fourth-order valence-corrected chi connectivity index (χ4v) is 5.13. The largest absolute Gasteiger partial charge is 0.330 e. The van der Waals surface area contributed by atoms with Gasteiger partial charge in [-0.3, -0.25) is 4.79 Å². The van der Waals surface area contributed by atoms with Crippen molar-refractivity contribution in [3.05, 3.63) is 35.4 Å². The van der Waals surface area contributed by atoms with Crippen LogP contribution >= 0.6 is 11.8 Å². The van der Waals surface area contributed by atoms with E-state index < -0.39 is 15.2 Å². The molecule has 5 nitrogen and oxygen atoms in total. The first-order valence-corrected chi connectivity index (χ1v) is 9.91. The topological polar surface area (TPSA) is 80.5 Å². The highest BCUT2D eigenvalue weighted by Crippen LogP contribution is 2.22. The zero-order valence-corrected chi connectivity index (χ0v) is 13.6. The Hall–Kier alpha value is -1.05. The van der Waals surface area contributed by atoms with Crippen molar-refractivity contribution in [1.29, 1.82) is 0 Å². The average Bonchev–Trinajstić information content (AvgIpc) is 2.47. The number of nitrogens with zero attached hydrogens (tertiary/aromatic N) is 1. The standard InChI is InChI=1S/C14H20N2O3S2/c1-21(18,19)13-10-20-9-8-16(13)14(17)12-4-2-11(3-5-12)6-7-15/h2-5,13H,6-10,15H2,1H3. The zero-order valence-electron chi connectivity index (χ0n) is 12.0. The Morgan fingerprint density at radius 3 is 2.62 bits per heavy atom. The summed E-state index contributed by atoms with van der Waals surface area (Å²) in [5.74, 6) is 0.990. The molecule has 1 saturated heterocycles. The second kappa shape index (κ2) is 6.81. The van der Waals surface area contributed by atoms with Gasteiger partial charge in [0.25, 0.3) is 5.91 Å². The summed E-state index contributed by atoms with van der Waals surface area (Å²) in [6, 6.07) is 7.23. The lowest BCUT2D eigenvalue weighted by Crippen LogP contribution is -2.49. The van der Waals surface area contributed by atoms with Crippen LogP contribution in [0.15, 0.2) is 24.3 Å². The predicted octanol–water partition coefficient (Wildman–Crippen LogP) is 0.747. The molecule has 1 aromatic carbocycles. The lowest BCUT2D eigenvalue weighted by molar-refractivity contribution is 0.0749. The van der Waals surface area contributed by atoms with Crippen molar-refractivity contribution in [2.75, 3.05) is 30.9 Å². The van der Waals surface area contributed by atoms with Crippen LogP contribution < -0.4 is 5.73 Å². The molecule has 0 spiro atoms. The molecule has 0 radical (unpaired) electrons. The molecule has 0 saturated carbocycles. The lowest BCUT2D eigenvalue weighted by Gasteiger charge is -2.34. The highest BCUT2D eigenvalue weighted by molar-refractivity contribution is 8.00. The van der Waals surface area contributed by atoms with Gasteiger partial charge in [-0.2, -0.15) is 11.8 Å². The van der Waals surface area contributed by atoms with Gasteiger partial charge in [0, 0.05) is 29.9 Å². The summed E-state index contributed by atoms with van der Waals surface area (Å²) in [6.45, 7) is 1.03. The number of carbonyl (C=O) groups is 1. The molecule has 1 atom stereocenters. The molecule has 7 heteroatoms. The third kappa shape index (κ3) is 3.99. The Kier molecular flexibility index (Phi) is 5.29. The average molecular weight is 328 g/mol. The predicted molar refractivity (Wildman–Crippen MR) is 86.2 cm³/mol. The maximum atomic E-state index is 12.6. The molecule has 21 heavy (non-hydrogen) atoms. The number of hydrogen-bond acceptors (Lipinski definition) is 5. The number of nitrogens with two attached hydrogens (primary N) is 1. The summed E-state index contributed by atoms with van der Waals surface area (Å²) in [7, 11) is -3.28. The van der Waals surface area contributed by atoms with Crippen LogP contribution in [0.5, 0.6) is 0 Å². The van der Waals surface area contributed by atoms with Crippen LogP contribution in [0.1, 0.15) is 15.9 Å². The molecular weight excluding hydrogens is 308 g/mol. The fourth-order valence-electron chi connectivity index (χ4n) is 2.31.